The molecule has 1 aromatic rings. The number of unbranched alkanes of at least 4 members (excludes halogenated alkanes) is 5. The maximum absolute atomic E-state index is 12.4. The molecule has 0 spiro atoms. The molecule has 0 fully saturated rings. The summed E-state index contributed by atoms with van der Waals surface area (Å²) in [6, 6.07) is 8.74. The highest BCUT2D eigenvalue weighted by Gasteiger charge is 2.30. The van der Waals surface area contributed by atoms with Crippen molar-refractivity contribution < 1.29 is 14.7 Å². The van der Waals surface area contributed by atoms with Gasteiger partial charge in [-0.15, -0.1) is 0 Å². The fourth-order valence-electron chi connectivity index (χ4n) is 2.94. The number of rotatable bonds is 9. The van der Waals surface area contributed by atoms with Gasteiger partial charge in [0, 0.05) is 11.1 Å². The van der Waals surface area contributed by atoms with Crippen LogP contribution in [-0.4, -0.2) is 22.8 Å². The average molecular weight is 326 g/mol. The number of Topliss-reactive ketones (excluding diaryl/α,β-unsaturated/α-hetero) is 2. The van der Waals surface area contributed by atoms with Crippen molar-refractivity contribution in [3.63, 3.8) is 0 Å². The Kier molecular flexibility index (Phi) is 7.13. The molecule has 1 atom stereocenters. The van der Waals surface area contributed by atoms with Crippen LogP contribution in [0.2, 0.25) is 0 Å². The van der Waals surface area contributed by atoms with Crippen LogP contribution in [0.15, 0.2) is 53.6 Å². The van der Waals surface area contributed by atoms with Crippen LogP contribution in [0.3, 0.4) is 0 Å². The Balaban J connectivity index is 1.96. The molecule has 3 heteroatoms. The third-order valence-electron chi connectivity index (χ3n) is 4.42. The number of hydrogen-bond donors (Lipinski definition) is 1. The lowest BCUT2D eigenvalue weighted by atomic mass is 9.87. The minimum atomic E-state index is -1.34. The number of aliphatic hydroxyl groups is 1. The van der Waals surface area contributed by atoms with Crippen molar-refractivity contribution in [1.82, 2.24) is 0 Å². The topological polar surface area (TPSA) is 54.4 Å². The Morgan fingerprint density at radius 3 is 2.38 bits per heavy atom. The van der Waals surface area contributed by atoms with Crippen LogP contribution in [0.25, 0.3) is 0 Å². The van der Waals surface area contributed by atoms with E-state index in [0.717, 1.165) is 12.8 Å². The van der Waals surface area contributed by atoms with Gasteiger partial charge in [0.1, 0.15) is 6.10 Å². The Morgan fingerprint density at radius 1 is 1.00 bits per heavy atom. The molecule has 1 aliphatic carbocycles. The molecule has 1 unspecified atom stereocenters. The summed E-state index contributed by atoms with van der Waals surface area (Å²) < 4.78 is 0. The van der Waals surface area contributed by atoms with Crippen molar-refractivity contribution in [2.45, 2.75) is 58.0 Å². The summed E-state index contributed by atoms with van der Waals surface area (Å²) in [4.78, 5) is 24.7. The zero-order valence-electron chi connectivity index (χ0n) is 14.3. The molecule has 3 nitrogen and oxygen atoms in total. The first kappa shape index (κ1) is 18.3. The molecule has 1 aromatic carbocycles. The summed E-state index contributed by atoms with van der Waals surface area (Å²) in [5.41, 5.74) is 1.28. The Labute approximate surface area is 144 Å². The van der Waals surface area contributed by atoms with E-state index in [2.05, 4.69) is 6.92 Å². The van der Waals surface area contributed by atoms with Crippen LogP contribution < -0.4 is 0 Å². The molecule has 0 aliphatic heterocycles. The molecule has 2 rings (SSSR count). The second kappa shape index (κ2) is 9.33. The quantitative estimate of drug-likeness (QED) is 0.540. The zero-order valence-corrected chi connectivity index (χ0v) is 14.3. The molecule has 24 heavy (non-hydrogen) atoms. The van der Waals surface area contributed by atoms with E-state index < -0.39 is 6.10 Å². The number of allylic oxidation sites excluding steroid dienone is 2. The number of hydrogen-bond acceptors (Lipinski definition) is 3. The summed E-state index contributed by atoms with van der Waals surface area (Å²) in [5.74, 6) is -0.614. The van der Waals surface area contributed by atoms with Gasteiger partial charge in [-0.25, -0.2) is 0 Å². The smallest absolute Gasteiger partial charge is 0.192 e. The lowest BCUT2D eigenvalue weighted by molar-refractivity contribution is -0.121. The van der Waals surface area contributed by atoms with Gasteiger partial charge in [0.25, 0.3) is 0 Å². The summed E-state index contributed by atoms with van der Waals surface area (Å²) in [5, 5.41) is 10.2. The van der Waals surface area contributed by atoms with Crippen LogP contribution in [0.5, 0.6) is 0 Å². The van der Waals surface area contributed by atoms with Crippen LogP contribution in [-0.2, 0) is 4.79 Å². The van der Waals surface area contributed by atoms with E-state index in [1.807, 2.05) is 6.07 Å². The van der Waals surface area contributed by atoms with E-state index in [4.69, 9.17) is 0 Å². The maximum Gasteiger partial charge on any atom is 0.192 e. The predicted octanol–water partition coefficient (Wildman–Crippen LogP) is 4.42. The highest BCUT2D eigenvalue weighted by molar-refractivity contribution is 6.16. The molecule has 1 aliphatic rings. The Bertz CT molecular complexity index is 626. The van der Waals surface area contributed by atoms with Gasteiger partial charge in [-0.3, -0.25) is 9.59 Å². The van der Waals surface area contributed by atoms with E-state index in [1.165, 1.54) is 25.7 Å². The first-order chi connectivity index (χ1) is 11.6. The third-order valence-corrected chi connectivity index (χ3v) is 4.42. The van der Waals surface area contributed by atoms with Gasteiger partial charge in [0.15, 0.2) is 11.6 Å². The highest BCUT2D eigenvalue weighted by Crippen LogP contribution is 2.23. The lowest BCUT2D eigenvalue weighted by Crippen LogP contribution is -2.30. The first-order valence-corrected chi connectivity index (χ1v) is 8.88. The molecule has 0 amide bonds. The molecule has 1 N–H and O–H groups in total. The van der Waals surface area contributed by atoms with Gasteiger partial charge in [0.2, 0.25) is 0 Å². The van der Waals surface area contributed by atoms with E-state index in [9.17, 15) is 14.7 Å². The van der Waals surface area contributed by atoms with Crippen molar-refractivity contribution >= 4 is 11.6 Å². The number of benzene rings is 1. The number of aliphatic hydroxyl groups excluding tert-OH is 1. The van der Waals surface area contributed by atoms with Crippen LogP contribution in [0, 0.1) is 0 Å². The molecule has 0 bridgehead atoms. The summed E-state index contributed by atoms with van der Waals surface area (Å²) in [6.07, 6.45) is 9.60. The van der Waals surface area contributed by atoms with Crippen LogP contribution in [0.1, 0.15) is 62.2 Å². The normalized spacial score (nSPS) is 17.4. The molecule has 0 saturated carbocycles. The fraction of sp³-hybridized carbons (Fsp3) is 0.429. The van der Waals surface area contributed by atoms with Crippen molar-refractivity contribution in [3.8, 4) is 0 Å². The van der Waals surface area contributed by atoms with Gasteiger partial charge in [-0.1, -0.05) is 81.5 Å². The molecule has 0 radical (unpaired) electrons. The summed E-state index contributed by atoms with van der Waals surface area (Å²) in [6.45, 7) is 2.19. The number of carbonyl (C=O) groups excluding carboxylic acids is 2. The minimum absolute atomic E-state index is 0.165. The van der Waals surface area contributed by atoms with Crippen molar-refractivity contribution in [2.24, 2.45) is 0 Å². The second-order valence-corrected chi connectivity index (χ2v) is 6.29. The molecular formula is C21H26O3. The van der Waals surface area contributed by atoms with Crippen LogP contribution >= 0.6 is 0 Å². The second-order valence-electron chi connectivity index (χ2n) is 6.29. The van der Waals surface area contributed by atoms with Gasteiger partial charge < -0.3 is 5.11 Å². The van der Waals surface area contributed by atoms with Gasteiger partial charge in [-0.2, -0.15) is 0 Å². The average Bonchev–Trinajstić information content (AvgIpc) is 2.61. The van der Waals surface area contributed by atoms with E-state index in [1.54, 1.807) is 36.4 Å². The van der Waals surface area contributed by atoms with Crippen molar-refractivity contribution in [2.75, 3.05) is 0 Å². The molecule has 0 aromatic heterocycles. The van der Waals surface area contributed by atoms with E-state index in [0.29, 0.717) is 17.6 Å². The number of carbonyl (C=O) groups is 2. The summed E-state index contributed by atoms with van der Waals surface area (Å²) in [7, 11) is 0. The standard InChI is InChI=1S/C21H26O3/c1-2-3-4-5-6-8-13-17-14-15-18(21(24)20(17)23)19(22)16-11-9-7-10-12-16/h7,9-12,14-15,21,24H,2-6,8,13H2,1H3. The van der Waals surface area contributed by atoms with Crippen LogP contribution in [0.4, 0.5) is 0 Å². The Hall–Kier alpha value is -2.00. The molecule has 0 heterocycles. The maximum atomic E-state index is 12.4. The molecular weight excluding hydrogens is 300 g/mol. The van der Waals surface area contributed by atoms with Gasteiger partial charge in [0.05, 0.1) is 0 Å². The highest BCUT2D eigenvalue weighted by atomic mass is 16.3. The van der Waals surface area contributed by atoms with E-state index >= 15 is 0 Å². The van der Waals surface area contributed by atoms with Crippen molar-refractivity contribution in [1.29, 1.82) is 0 Å². The summed E-state index contributed by atoms with van der Waals surface area (Å²) >= 11 is 0. The van der Waals surface area contributed by atoms with E-state index in [-0.39, 0.29) is 17.1 Å². The zero-order chi connectivity index (χ0) is 17.4. The Morgan fingerprint density at radius 2 is 1.67 bits per heavy atom. The monoisotopic (exact) mass is 326 g/mol. The SMILES string of the molecule is CCCCCCCCC1=CC=C(C(=O)c2ccccc2)C(O)C1=O. The predicted molar refractivity (Wildman–Crippen MR) is 95.9 cm³/mol. The van der Waals surface area contributed by atoms with Gasteiger partial charge in [-0.05, 0) is 18.4 Å². The lowest BCUT2D eigenvalue weighted by Gasteiger charge is -2.19. The minimum Gasteiger partial charge on any atom is -0.380 e. The first-order valence-electron chi connectivity index (χ1n) is 8.88. The largest absolute Gasteiger partial charge is 0.380 e. The van der Waals surface area contributed by atoms with Gasteiger partial charge >= 0.3 is 0 Å². The molecule has 0 saturated heterocycles. The number of ketones is 2. The molecule has 128 valence electrons. The third kappa shape index (κ3) is 4.75. The van der Waals surface area contributed by atoms with Crippen molar-refractivity contribution in [3.05, 3.63) is 59.2 Å². The fourth-order valence-corrected chi connectivity index (χ4v) is 2.94.